The first kappa shape index (κ1) is 18.1. The number of carbonyl (C=O) groups is 2. The van der Waals surface area contributed by atoms with E-state index < -0.39 is 0 Å². The fourth-order valence-electron chi connectivity index (χ4n) is 2.46. The Kier molecular flexibility index (Phi) is 6.74. The van der Waals surface area contributed by atoms with Crippen LogP contribution in [0.1, 0.15) is 74.1 Å². The third kappa shape index (κ3) is 6.22. The van der Waals surface area contributed by atoms with Gasteiger partial charge in [-0.25, -0.2) is 0 Å². The molecular formula is C16H31NO2. The van der Waals surface area contributed by atoms with E-state index in [0.717, 1.165) is 19.3 Å². The zero-order valence-electron chi connectivity index (χ0n) is 13.7. The van der Waals surface area contributed by atoms with Crippen LogP contribution in [0.2, 0.25) is 0 Å². The standard InChI is InChI=1S/C16H31NO2/c1-8-10-15(4,5)11-13(19)17-14(12(3)18)16(6,7)9-2/h14H,8-11H2,1-7H3,(H,17,19). The van der Waals surface area contributed by atoms with E-state index in [-0.39, 0.29) is 28.6 Å². The number of Topliss-reactive ketones (excluding diaryl/α,β-unsaturated/α-hetero) is 1. The summed E-state index contributed by atoms with van der Waals surface area (Å²) in [6.07, 6.45) is 3.42. The van der Waals surface area contributed by atoms with Crippen molar-refractivity contribution in [1.82, 2.24) is 5.32 Å². The van der Waals surface area contributed by atoms with Gasteiger partial charge in [-0.2, -0.15) is 0 Å². The number of hydrogen-bond donors (Lipinski definition) is 1. The topological polar surface area (TPSA) is 46.2 Å². The predicted octanol–water partition coefficient (Wildman–Crippen LogP) is 3.71. The average molecular weight is 269 g/mol. The Morgan fingerprint density at radius 3 is 2.00 bits per heavy atom. The summed E-state index contributed by atoms with van der Waals surface area (Å²) in [5, 5.41) is 2.93. The lowest BCUT2D eigenvalue weighted by Gasteiger charge is -2.33. The largest absolute Gasteiger partial charge is 0.346 e. The second-order valence-corrected chi connectivity index (χ2v) is 7.04. The summed E-state index contributed by atoms with van der Waals surface area (Å²) in [6.45, 7) is 14.0. The number of hydrogen-bond acceptors (Lipinski definition) is 2. The first-order valence-corrected chi connectivity index (χ1v) is 7.35. The second-order valence-electron chi connectivity index (χ2n) is 7.04. The van der Waals surface area contributed by atoms with E-state index >= 15 is 0 Å². The van der Waals surface area contributed by atoms with E-state index in [9.17, 15) is 9.59 Å². The SMILES string of the molecule is CCCC(C)(C)CC(=O)NC(C(C)=O)C(C)(C)CC. The monoisotopic (exact) mass is 269 g/mol. The van der Waals surface area contributed by atoms with Gasteiger partial charge in [0.05, 0.1) is 6.04 Å². The molecule has 1 atom stereocenters. The summed E-state index contributed by atoms with van der Waals surface area (Å²) in [4.78, 5) is 23.9. The molecule has 0 aromatic carbocycles. The maximum atomic E-state index is 12.1. The smallest absolute Gasteiger partial charge is 0.221 e. The Balaban J connectivity index is 4.71. The highest BCUT2D eigenvalue weighted by molar-refractivity contribution is 5.88. The Hall–Kier alpha value is -0.860. The molecule has 3 heteroatoms. The quantitative estimate of drug-likeness (QED) is 0.730. The molecule has 3 nitrogen and oxygen atoms in total. The van der Waals surface area contributed by atoms with Crippen LogP contribution in [0.4, 0.5) is 0 Å². The van der Waals surface area contributed by atoms with Gasteiger partial charge >= 0.3 is 0 Å². The van der Waals surface area contributed by atoms with Crippen LogP contribution >= 0.6 is 0 Å². The third-order valence-corrected chi connectivity index (χ3v) is 3.97. The van der Waals surface area contributed by atoms with E-state index in [4.69, 9.17) is 0 Å². The van der Waals surface area contributed by atoms with Crippen LogP contribution in [0.3, 0.4) is 0 Å². The molecule has 0 heterocycles. The highest BCUT2D eigenvalue weighted by Gasteiger charge is 2.33. The number of carbonyl (C=O) groups excluding carboxylic acids is 2. The Labute approximate surface area is 118 Å². The minimum atomic E-state index is -0.387. The molecular weight excluding hydrogens is 238 g/mol. The first-order valence-electron chi connectivity index (χ1n) is 7.35. The van der Waals surface area contributed by atoms with Crippen molar-refractivity contribution in [1.29, 1.82) is 0 Å². The summed E-state index contributed by atoms with van der Waals surface area (Å²) in [5.74, 6) is 0.0219. The normalized spacial score (nSPS) is 14.1. The second kappa shape index (κ2) is 7.06. The van der Waals surface area contributed by atoms with Crippen molar-refractivity contribution in [3.8, 4) is 0 Å². The minimum absolute atomic E-state index is 0.00344. The minimum Gasteiger partial charge on any atom is -0.346 e. The van der Waals surface area contributed by atoms with Gasteiger partial charge in [-0.1, -0.05) is 48.0 Å². The van der Waals surface area contributed by atoms with Crippen molar-refractivity contribution in [2.24, 2.45) is 10.8 Å². The molecule has 112 valence electrons. The van der Waals surface area contributed by atoms with E-state index in [1.165, 1.54) is 0 Å². The van der Waals surface area contributed by atoms with E-state index in [0.29, 0.717) is 6.42 Å². The molecule has 1 N–H and O–H groups in total. The molecule has 0 radical (unpaired) electrons. The third-order valence-electron chi connectivity index (χ3n) is 3.97. The molecule has 0 rings (SSSR count). The lowest BCUT2D eigenvalue weighted by molar-refractivity contribution is -0.130. The molecule has 0 saturated carbocycles. The van der Waals surface area contributed by atoms with Gasteiger partial charge < -0.3 is 5.32 Å². The molecule has 1 amide bonds. The highest BCUT2D eigenvalue weighted by Crippen LogP contribution is 2.28. The summed E-state index contributed by atoms with van der Waals surface area (Å²) >= 11 is 0. The molecule has 0 bridgehead atoms. The van der Waals surface area contributed by atoms with Crippen LogP contribution in [0.15, 0.2) is 0 Å². The molecule has 1 unspecified atom stereocenters. The van der Waals surface area contributed by atoms with Crippen LogP contribution in [-0.2, 0) is 9.59 Å². The van der Waals surface area contributed by atoms with Gasteiger partial charge in [-0.15, -0.1) is 0 Å². The molecule has 0 saturated heterocycles. The summed E-state index contributed by atoms with van der Waals surface area (Å²) in [6, 6.07) is -0.387. The van der Waals surface area contributed by atoms with E-state index in [1.807, 2.05) is 20.8 Å². The highest BCUT2D eigenvalue weighted by atomic mass is 16.2. The molecule has 0 aromatic rings. The Morgan fingerprint density at radius 2 is 1.63 bits per heavy atom. The average Bonchev–Trinajstić information content (AvgIpc) is 2.24. The fraction of sp³-hybridized carbons (Fsp3) is 0.875. The van der Waals surface area contributed by atoms with Gasteiger partial charge in [0.2, 0.25) is 5.91 Å². The van der Waals surface area contributed by atoms with Crippen molar-refractivity contribution in [2.75, 3.05) is 0 Å². The van der Waals surface area contributed by atoms with Crippen molar-refractivity contribution in [3.63, 3.8) is 0 Å². The van der Waals surface area contributed by atoms with Crippen molar-refractivity contribution < 1.29 is 9.59 Å². The molecule has 0 spiro atoms. The molecule has 0 aliphatic carbocycles. The number of rotatable bonds is 8. The van der Waals surface area contributed by atoms with Gasteiger partial charge in [0.25, 0.3) is 0 Å². The molecule has 0 aliphatic rings. The predicted molar refractivity (Wildman–Crippen MR) is 80.0 cm³/mol. The van der Waals surface area contributed by atoms with Gasteiger partial charge in [-0.05, 0) is 30.6 Å². The summed E-state index contributed by atoms with van der Waals surface area (Å²) in [5.41, 5.74) is -0.201. The maximum absolute atomic E-state index is 12.1. The van der Waals surface area contributed by atoms with Crippen molar-refractivity contribution in [3.05, 3.63) is 0 Å². The van der Waals surface area contributed by atoms with Crippen molar-refractivity contribution in [2.45, 2.75) is 80.2 Å². The van der Waals surface area contributed by atoms with Crippen LogP contribution in [0.5, 0.6) is 0 Å². The molecule has 0 aromatic heterocycles. The van der Waals surface area contributed by atoms with Crippen LogP contribution in [0, 0.1) is 10.8 Å². The van der Waals surface area contributed by atoms with Crippen LogP contribution < -0.4 is 5.32 Å². The molecule has 19 heavy (non-hydrogen) atoms. The first-order chi connectivity index (χ1) is 8.55. The van der Waals surface area contributed by atoms with Crippen LogP contribution in [-0.4, -0.2) is 17.7 Å². The van der Waals surface area contributed by atoms with Gasteiger partial charge in [0.1, 0.15) is 0 Å². The maximum Gasteiger partial charge on any atom is 0.221 e. The van der Waals surface area contributed by atoms with Crippen molar-refractivity contribution >= 4 is 11.7 Å². The Bertz CT molecular complexity index is 319. The number of nitrogens with one attached hydrogen (secondary N) is 1. The van der Waals surface area contributed by atoms with Gasteiger partial charge in [-0.3, -0.25) is 9.59 Å². The molecule has 0 aliphatic heterocycles. The number of ketones is 1. The van der Waals surface area contributed by atoms with E-state index in [1.54, 1.807) is 6.92 Å². The summed E-state index contributed by atoms with van der Waals surface area (Å²) in [7, 11) is 0. The molecule has 0 fully saturated rings. The zero-order valence-corrected chi connectivity index (χ0v) is 13.7. The van der Waals surface area contributed by atoms with Crippen LogP contribution in [0.25, 0.3) is 0 Å². The lowest BCUT2D eigenvalue weighted by Crippen LogP contribution is -2.49. The van der Waals surface area contributed by atoms with E-state index in [2.05, 4.69) is 26.1 Å². The zero-order chi connectivity index (χ0) is 15.3. The summed E-state index contributed by atoms with van der Waals surface area (Å²) < 4.78 is 0. The Morgan fingerprint density at radius 1 is 1.11 bits per heavy atom. The van der Waals surface area contributed by atoms with Gasteiger partial charge in [0.15, 0.2) is 5.78 Å². The van der Waals surface area contributed by atoms with Gasteiger partial charge in [0, 0.05) is 6.42 Å². The number of amides is 1. The fourth-order valence-corrected chi connectivity index (χ4v) is 2.46. The lowest BCUT2D eigenvalue weighted by atomic mass is 9.79.